The smallest absolute Gasteiger partial charge is 0.209 e. The zero-order chi connectivity index (χ0) is 9.19. The zero-order valence-electron chi connectivity index (χ0n) is 6.16. The molecule has 12 heavy (non-hydrogen) atoms. The molecule has 1 heterocycles. The summed E-state index contributed by atoms with van der Waals surface area (Å²) in [7, 11) is -3.35. The molecule has 0 bridgehead atoms. The molecule has 0 spiro atoms. The first kappa shape index (κ1) is 9.98. The minimum Gasteiger partial charge on any atom is -0.229 e. The van der Waals surface area contributed by atoms with Crippen LogP contribution in [0, 0.1) is 0 Å². The fourth-order valence-electron chi connectivity index (χ4n) is 0.729. The molecule has 1 rings (SSSR count). The SMILES string of the molecule is NS(=O)(=O)CCc1ccc(Cl)s1. The number of sulfonamides is 1. The number of thiophene rings is 1. The largest absolute Gasteiger partial charge is 0.229 e. The van der Waals surface area contributed by atoms with Crippen molar-refractivity contribution in [3.63, 3.8) is 0 Å². The standard InChI is InChI=1S/C6H8ClNO2S2/c7-6-2-1-5(11-6)3-4-12(8,9)10/h1-2H,3-4H2,(H2,8,9,10). The summed E-state index contributed by atoms with van der Waals surface area (Å²) in [5.41, 5.74) is 0. The van der Waals surface area contributed by atoms with Gasteiger partial charge in [-0.2, -0.15) is 0 Å². The van der Waals surface area contributed by atoms with E-state index in [1.807, 2.05) is 0 Å². The topological polar surface area (TPSA) is 60.2 Å². The van der Waals surface area contributed by atoms with E-state index in [-0.39, 0.29) is 5.75 Å². The van der Waals surface area contributed by atoms with Gasteiger partial charge in [-0.05, 0) is 18.6 Å². The number of halogens is 1. The monoisotopic (exact) mass is 225 g/mol. The van der Waals surface area contributed by atoms with Crippen molar-refractivity contribution in [2.75, 3.05) is 5.75 Å². The normalized spacial score (nSPS) is 11.8. The second kappa shape index (κ2) is 3.74. The van der Waals surface area contributed by atoms with E-state index >= 15 is 0 Å². The van der Waals surface area contributed by atoms with Crippen LogP contribution in [-0.4, -0.2) is 14.2 Å². The highest BCUT2D eigenvalue weighted by Gasteiger charge is 2.04. The van der Waals surface area contributed by atoms with Crippen LogP contribution in [0.4, 0.5) is 0 Å². The van der Waals surface area contributed by atoms with Gasteiger partial charge < -0.3 is 0 Å². The van der Waals surface area contributed by atoms with Gasteiger partial charge in [0, 0.05) is 4.88 Å². The number of hydrogen-bond donors (Lipinski definition) is 1. The van der Waals surface area contributed by atoms with Gasteiger partial charge in [0.2, 0.25) is 10.0 Å². The van der Waals surface area contributed by atoms with Crippen molar-refractivity contribution in [1.29, 1.82) is 0 Å². The summed E-state index contributed by atoms with van der Waals surface area (Å²) in [5, 5.41) is 4.83. The molecule has 0 saturated carbocycles. The van der Waals surface area contributed by atoms with E-state index in [0.717, 1.165) is 4.88 Å². The van der Waals surface area contributed by atoms with Crippen LogP contribution in [0.3, 0.4) is 0 Å². The first-order valence-corrected chi connectivity index (χ1v) is 6.13. The summed E-state index contributed by atoms with van der Waals surface area (Å²) in [6, 6.07) is 3.54. The van der Waals surface area contributed by atoms with Gasteiger partial charge in [0.05, 0.1) is 10.1 Å². The predicted octanol–water partition coefficient (Wildman–Crippen LogP) is 1.23. The number of aryl methyl sites for hydroxylation is 1. The summed E-state index contributed by atoms with van der Waals surface area (Å²) >= 11 is 7.02. The molecule has 0 unspecified atom stereocenters. The molecule has 2 N–H and O–H groups in total. The average Bonchev–Trinajstić information content (AvgIpc) is 2.30. The number of nitrogens with two attached hydrogens (primary N) is 1. The Hall–Kier alpha value is -0.100. The van der Waals surface area contributed by atoms with E-state index in [0.29, 0.717) is 10.8 Å². The molecule has 0 atom stereocenters. The van der Waals surface area contributed by atoms with Crippen molar-refractivity contribution in [2.24, 2.45) is 5.14 Å². The van der Waals surface area contributed by atoms with Crippen molar-refractivity contribution in [1.82, 2.24) is 0 Å². The molecule has 1 aromatic rings. The summed E-state index contributed by atoms with van der Waals surface area (Å²) in [5.74, 6) is -0.0240. The van der Waals surface area contributed by atoms with Crippen LogP contribution in [0.2, 0.25) is 4.34 Å². The molecule has 0 aliphatic carbocycles. The average molecular weight is 226 g/mol. The van der Waals surface area contributed by atoms with Gasteiger partial charge >= 0.3 is 0 Å². The van der Waals surface area contributed by atoms with Gasteiger partial charge in [0.25, 0.3) is 0 Å². The van der Waals surface area contributed by atoms with Gasteiger partial charge in [-0.25, -0.2) is 13.6 Å². The Morgan fingerprint density at radius 1 is 1.50 bits per heavy atom. The molecule has 0 aliphatic heterocycles. The molecule has 0 radical (unpaired) electrons. The third kappa shape index (κ3) is 3.53. The first-order chi connectivity index (χ1) is 5.47. The van der Waals surface area contributed by atoms with Crippen LogP contribution >= 0.6 is 22.9 Å². The third-order valence-corrected chi connectivity index (χ3v) is 3.33. The molecule has 0 amide bonds. The van der Waals surface area contributed by atoms with Crippen molar-refractivity contribution in [3.8, 4) is 0 Å². The lowest BCUT2D eigenvalue weighted by molar-refractivity contribution is 0.597. The maximum absolute atomic E-state index is 10.6. The van der Waals surface area contributed by atoms with E-state index < -0.39 is 10.0 Å². The predicted molar refractivity (Wildman–Crippen MR) is 51.0 cm³/mol. The Bertz CT molecular complexity index is 357. The number of rotatable bonds is 3. The lowest BCUT2D eigenvalue weighted by atomic mass is 10.4. The molecule has 0 aliphatic rings. The maximum Gasteiger partial charge on any atom is 0.209 e. The summed E-state index contributed by atoms with van der Waals surface area (Å²) < 4.78 is 21.8. The van der Waals surface area contributed by atoms with Crippen LogP contribution in [0.25, 0.3) is 0 Å². The Labute approximate surface area is 80.2 Å². The van der Waals surface area contributed by atoms with Gasteiger partial charge in [-0.1, -0.05) is 11.6 Å². The Kier molecular flexibility index (Phi) is 3.11. The molecule has 1 aromatic heterocycles. The summed E-state index contributed by atoms with van der Waals surface area (Å²) in [6.07, 6.45) is 0.441. The lowest BCUT2D eigenvalue weighted by Gasteiger charge is -1.93. The summed E-state index contributed by atoms with van der Waals surface area (Å²) in [4.78, 5) is 0.939. The van der Waals surface area contributed by atoms with Gasteiger partial charge in [-0.15, -0.1) is 11.3 Å². The molecule has 6 heteroatoms. The van der Waals surface area contributed by atoms with Crippen LogP contribution in [0.1, 0.15) is 4.88 Å². The zero-order valence-corrected chi connectivity index (χ0v) is 8.55. The lowest BCUT2D eigenvalue weighted by Crippen LogP contribution is -2.17. The van der Waals surface area contributed by atoms with Gasteiger partial charge in [0.15, 0.2) is 0 Å². The minimum absolute atomic E-state index is 0.0240. The van der Waals surface area contributed by atoms with Crippen LogP contribution in [-0.2, 0) is 16.4 Å². The molecule has 0 fully saturated rings. The highest BCUT2D eigenvalue weighted by atomic mass is 35.5. The molecular weight excluding hydrogens is 218 g/mol. The quantitative estimate of drug-likeness (QED) is 0.841. The second-order valence-electron chi connectivity index (χ2n) is 2.32. The highest BCUT2D eigenvalue weighted by molar-refractivity contribution is 7.89. The Morgan fingerprint density at radius 2 is 2.17 bits per heavy atom. The van der Waals surface area contributed by atoms with E-state index in [1.165, 1.54) is 11.3 Å². The summed E-state index contributed by atoms with van der Waals surface area (Å²) in [6.45, 7) is 0. The van der Waals surface area contributed by atoms with E-state index in [2.05, 4.69) is 0 Å². The first-order valence-electron chi connectivity index (χ1n) is 3.22. The minimum atomic E-state index is -3.35. The molecule has 3 nitrogen and oxygen atoms in total. The Balaban J connectivity index is 2.55. The van der Waals surface area contributed by atoms with E-state index in [9.17, 15) is 8.42 Å². The molecule has 0 saturated heterocycles. The van der Waals surface area contributed by atoms with Crippen LogP contribution < -0.4 is 5.14 Å². The third-order valence-electron chi connectivity index (χ3n) is 1.26. The maximum atomic E-state index is 10.6. The molecular formula is C6H8ClNO2S2. The highest BCUT2D eigenvalue weighted by Crippen LogP contribution is 2.21. The van der Waals surface area contributed by atoms with Crippen molar-refractivity contribution in [3.05, 3.63) is 21.3 Å². The fourth-order valence-corrected chi connectivity index (χ4v) is 2.45. The fraction of sp³-hybridized carbons (Fsp3) is 0.333. The number of hydrogen-bond acceptors (Lipinski definition) is 3. The molecule has 0 aromatic carbocycles. The van der Waals surface area contributed by atoms with Gasteiger partial charge in [-0.3, -0.25) is 0 Å². The van der Waals surface area contributed by atoms with Crippen LogP contribution in [0.5, 0.6) is 0 Å². The Morgan fingerprint density at radius 3 is 2.58 bits per heavy atom. The second-order valence-corrected chi connectivity index (χ2v) is 5.86. The van der Waals surface area contributed by atoms with E-state index in [4.69, 9.17) is 16.7 Å². The van der Waals surface area contributed by atoms with Crippen molar-refractivity contribution in [2.45, 2.75) is 6.42 Å². The van der Waals surface area contributed by atoms with Crippen LogP contribution in [0.15, 0.2) is 12.1 Å². The van der Waals surface area contributed by atoms with Crippen molar-refractivity contribution >= 4 is 33.0 Å². The van der Waals surface area contributed by atoms with E-state index in [1.54, 1.807) is 12.1 Å². The van der Waals surface area contributed by atoms with Crippen molar-refractivity contribution < 1.29 is 8.42 Å². The number of primary sulfonamides is 1. The van der Waals surface area contributed by atoms with Gasteiger partial charge in [0.1, 0.15) is 0 Å². The molecule has 68 valence electrons.